The fraction of sp³-hybridized carbons (Fsp3) is 0. The molecule has 0 saturated carbocycles. The van der Waals surface area contributed by atoms with Crippen LogP contribution < -0.4 is 0 Å². The van der Waals surface area contributed by atoms with Gasteiger partial charge in [0.1, 0.15) is 0 Å². The van der Waals surface area contributed by atoms with Crippen molar-refractivity contribution in [3.05, 3.63) is 83.4 Å². The largest absolute Gasteiger partial charge is 0.478 e. The zero-order valence-electron chi connectivity index (χ0n) is 13.7. The Morgan fingerprint density at radius 2 is 1.46 bits per heavy atom. The van der Waals surface area contributed by atoms with E-state index in [-0.39, 0.29) is 5.56 Å². The highest BCUT2D eigenvalue weighted by Gasteiger charge is 2.25. The number of halogens is 1. The second kappa shape index (κ2) is 5.45. The van der Waals surface area contributed by atoms with Crippen molar-refractivity contribution in [3.63, 3.8) is 0 Å². The lowest BCUT2D eigenvalue weighted by Gasteiger charge is -2.11. The van der Waals surface area contributed by atoms with Crippen LogP contribution >= 0.6 is 11.6 Å². The first-order valence-corrected chi connectivity index (χ1v) is 8.71. The van der Waals surface area contributed by atoms with Gasteiger partial charge in [-0.1, -0.05) is 66.2 Å². The number of hydrogen-bond donors (Lipinski definition) is 1. The van der Waals surface area contributed by atoms with Crippen molar-refractivity contribution in [2.75, 3.05) is 0 Å². The van der Waals surface area contributed by atoms with E-state index in [2.05, 4.69) is 30.3 Å². The molecule has 0 unspecified atom stereocenters. The predicted molar refractivity (Wildman–Crippen MR) is 106 cm³/mol. The molecule has 0 aliphatic heterocycles. The third-order valence-electron chi connectivity index (χ3n) is 5.02. The monoisotopic (exact) mass is 356 g/mol. The molecule has 1 N–H and O–H groups in total. The topological polar surface area (TPSA) is 37.3 Å². The number of rotatable bonds is 2. The zero-order valence-corrected chi connectivity index (χ0v) is 14.4. The molecule has 1 aliphatic rings. The average molecular weight is 357 g/mol. The third-order valence-corrected chi connectivity index (χ3v) is 5.32. The molecule has 3 heteroatoms. The molecule has 4 aromatic rings. The Balaban J connectivity index is 1.83. The summed E-state index contributed by atoms with van der Waals surface area (Å²) in [5, 5.41) is 12.5. The molecule has 4 aromatic carbocycles. The highest BCUT2D eigenvalue weighted by Crippen LogP contribution is 2.51. The Labute approximate surface area is 155 Å². The fourth-order valence-corrected chi connectivity index (χ4v) is 4.26. The summed E-state index contributed by atoms with van der Waals surface area (Å²) in [5.41, 5.74) is 6.12. The number of benzene rings is 4. The Hall–Kier alpha value is -3.10. The average Bonchev–Trinajstić information content (AvgIpc) is 2.98. The summed E-state index contributed by atoms with van der Waals surface area (Å²) in [6.45, 7) is 0. The summed E-state index contributed by atoms with van der Waals surface area (Å²) in [6, 6.07) is 23.4. The van der Waals surface area contributed by atoms with E-state index in [9.17, 15) is 9.90 Å². The van der Waals surface area contributed by atoms with E-state index in [1.165, 1.54) is 10.8 Å². The van der Waals surface area contributed by atoms with Crippen LogP contribution in [-0.4, -0.2) is 11.1 Å². The fourth-order valence-electron chi connectivity index (χ4n) is 3.94. The van der Waals surface area contributed by atoms with E-state index in [0.29, 0.717) is 10.6 Å². The van der Waals surface area contributed by atoms with E-state index in [1.54, 1.807) is 12.1 Å². The lowest BCUT2D eigenvalue weighted by atomic mass is 9.94. The van der Waals surface area contributed by atoms with Gasteiger partial charge in [-0.3, -0.25) is 0 Å². The van der Waals surface area contributed by atoms with Crippen LogP contribution in [0.15, 0.2) is 72.8 Å². The van der Waals surface area contributed by atoms with Crippen LogP contribution in [0.25, 0.3) is 44.2 Å². The van der Waals surface area contributed by atoms with Crippen molar-refractivity contribution >= 4 is 28.3 Å². The van der Waals surface area contributed by atoms with Gasteiger partial charge in [0.05, 0.1) is 5.56 Å². The molecule has 0 aromatic heterocycles. The first kappa shape index (κ1) is 15.2. The Morgan fingerprint density at radius 3 is 2.23 bits per heavy atom. The van der Waals surface area contributed by atoms with Gasteiger partial charge in [-0.25, -0.2) is 4.79 Å². The number of carboxylic acid groups (broad SMARTS) is 1. The van der Waals surface area contributed by atoms with Crippen LogP contribution in [0.5, 0.6) is 0 Å². The molecule has 0 atom stereocenters. The minimum atomic E-state index is -0.942. The Kier molecular flexibility index (Phi) is 3.18. The first-order valence-electron chi connectivity index (χ1n) is 8.34. The van der Waals surface area contributed by atoms with Gasteiger partial charge in [0.2, 0.25) is 0 Å². The van der Waals surface area contributed by atoms with Crippen LogP contribution in [0.3, 0.4) is 0 Å². The number of fused-ring (bicyclic) bond motifs is 3. The van der Waals surface area contributed by atoms with Crippen LogP contribution in [0.4, 0.5) is 0 Å². The van der Waals surface area contributed by atoms with Gasteiger partial charge in [-0.05, 0) is 56.8 Å². The van der Waals surface area contributed by atoms with Crippen LogP contribution in [0.1, 0.15) is 10.4 Å². The maximum Gasteiger partial charge on any atom is 0.336 e. The maximum atomic E-state index is 11.6. The van der Waals surface area contributed by atoms with Gasteiger partial charge in [0, 0.05) is 10.6 Å². The summed E-state index contributed by atoms with van der Waals surface area (Å²) >= 11 is 6.68. The smallest absolute Gasteiger partial charge is 0.336 e. The molecule has 0 radical (unpaired) electrons. The molecular formula is C23H13ClO2. The quantitative estimate of drug-likeness (QED) is 0.391. The second-order valence-corrected chi connectivity index (χ2v) is 6.85. The molecule has 5 rings (SSSR count). The molecule has 0 fully saturated rings. The summed E-state index contributed by atoms with van der Waals surface area (Å²) in [4.78, 5) is 11.6. The van der Waals surface area contributed by atoms with Gasteiger partial charge >= 0.3 is 5.97 Å². The van der Waals surface area contributed by atoms with E-state index >= 15 is 0 Å². The van der Waals surface area contributed by atoms with E-state index < -0.39 is 5.97 Å². The van der Waals surface area contributed by atoms with Gasteiger partial charge in [0.25, 0.3) is 0 Å². The predicted octanol–water partition coefficient (Wildman–Crippen LogP) is 6.51. The van der Waals surface area contributed by atoms with E-state index in [0.717, 1.165) is 27.8 Å². The van der Waals surface area contributed by atoms with Gasteiger partial charge in [0.15, 0.2) is 0 Å². The third kappa shape index (κ3) is 2.03. The summed E-state index contributed by atoms with van der Waals surface area (Å²) in [5.74, 6) is -0.942. The molecule has 0 bridgehead atoms. The van der Waals surface area contributed by atoms with Crippen LogP contribution in [-0.2, 0) is 0 Å². The lowest BCUT2D eigenvalue weighted by molar-refractivity contribution is 0.0697. The molecule has 124 valence electrons. The van der Waals surface area contributed by atoms with E-state index in [4.69, 9.17) is 11.6 Å². The molecular weight excluding hydrogens is 344 g/mol. The molecule has 26 heavy (non-hydrogen) atoms. The van der Waals surface area contributed by atoms with Crippen molar-refractivity contribution in [2.24, 2.45) is 0 Å². The molecule has 0 saturated heterocycles. The van der Waals surface area contributed by atoms with Crippen LogP contribution in [0.2, 0.25) is 5.02 Å². The van der Waals surface area contributed by atoms with Gasteiger partial charge in [-0.15, -0.1) is 0 Å². The number of carboxylic acids is 1. The molecule has 0 heterocycles. The molecule has 1 aliphatic carbocycles. The van der Waals surface area contributed by atoms with Crippen molar-refractivity contribution < 1.29 is 9.90 Å². The van der Waals surface area contributed by atoms with Crippen LogP contribution in [0, 0.1) is 0 Å². The number of carbonyl (C=O) groups is 1. The second-order valence-electron chi connectivity index (χ2n) is 6.44. The molecule has 0 amide bonds. The molecule has 2 nitrogen and oxygen atoms in total. The SMILES string of the molecule is O=C(O)c1ccccc1-c1cc(Cl)c2c(c1)-c1cccc3cccc-2c13. The number of hydrogen-bond acceptors (Lipinski definition) is 1. The molecule has 0 spiro atoms. The Bertz CT molecular complexity index is 1220. The maximum absolute atomic E-state index is 11.6. The zero-order chi connectivity index (χ0) is 17.8. The van der Waals surface area contributed by atoms with Gasteiger partial charge < -0.3 is 5.11 Å². The standard InChI is InChI=1S/C23H13ClO2/c24-20-12-14(15-7-1-2-8-17(15)23(25)26)11-19-16-9-3-5-13-6-4-10-18(21(13)16)22(19)20/h1-12H,(H,25,26). The van der Waals surface area contributed by atoms with Crippen molar-refractivity contribution in [1.82, 2.24) is 0 Å². The van der Waals surface area contributed by atoms with Gasteiger partial charge in [-0.2, -0.15) is 0 Å². The summed E-state index contributed by atoms with van der Waals surface area (Å²) < 4.78 is 0. The number of aromatic carboxylic acids is 1. The van der Waals surface area contributed by atoms with Crippen molar-refractivity contribution in [2.45, 2.75) is 0 Å². The minimum Gasteiger partial charge on any atom is -0.478 e. The first-order chi connectivity index (χ1) is 12.6. The minimum absolute atomic E-state index is 0.275. The summed E-state index contributed by atoms with van der Waals surface area (Å²) in [6.07, 6.45) is 0. The van der Waals surface area contributed by atoms with Crippen molar-refractivity contribution in [1.29, 1.82) is 0 Å². The van der Waals surface area contributed by atoms with E-state index in [1.807, 2.05) is 30.3 Å². The van der Waals surface area contributed by atoms with Crippen molar-refractivity contribution in [3.8, 4) is 33.4 Å². The summed E-state index contributed by atoms with van der Waals surface area (Å²) in [7, 11) is 0. The highest BCUT2D eigenvalue weighted by molar-refractivity contribution is 6.36. The lowest BCUT2D eigenvalue weighted by Crippen LogP contribution is -1.99. The normalized spacial score (nSPS) is 11.6. The Morgan fingerprint density at radius 1 is 0.769 bits per heavy atom. The highest BCUT2D eigenvalue weighted by atomic mass is 35.5.